The van der Waals surface area contributed by atoms with E-state index in [0.29, 0.717) is 0 Å². The molecule has 0 aliphatic rings. The summed E-state index contributed by atoms with van der Waals surface area (Å²) in [7, 11) is 1.73. The van der Waals surface area contributed by atoms with Crippen LogP contribution in [0.2, 0.25) is 0 Å². The Labute approximate surface area is 145 Å². The smallest absolute Gasteiger partial charge is 0.0655 e. The Morgan fingerprint density at radius 2 is 1.75 bits per heavy atom. The Kier molecular flexibility index (Phi) is 6.27. The molecule has 106 valence electrons. The molecule has 0 spiro atoms. The lowest BCUT2D eigenvalue weighted by Crippen LogP contribution is -1.97. The Hall–Kier alpha value is -0.160. The maximum absolute atomic E-state index is 5.10. The lowest BCUT2D eigenvalue weighted by Gasteiger charge is -2.13. The highest BCUT2D eigenvalue weighted by atomic mass is 79.9. The first-order valence-corrected chi connectivity index (χ1v) is 8.79. The van der Waals surface area contributed by atoms with Crippen molar-refractivity contribution >= 4 is 47.8 Å². The van der Waals surface area contributed by atoms with Crippen LogP contribution in [0.3, 0.4) is 0 Å². The highest BCUT2D eigenvalue weighted by Crippen LogP contribution is 2.36. The quantitative estimate of drug-likeness (QED) is 0.504. The van der Waals surface area contributed by atoms with Crippen LogP contribution in [-0.2, 0) is 11.2 Å². The molecule has 0 aromatic heterocycles. The van der Waals surface area contributed by atoms with E-state index in [-0.39, 0.29) is 4.83 Å². The van der Waals surface area contributed by atoms with Gasteiger partial charge in [-0.15, -0.1) is 0 Å². The number of halogens is 3. The van der Waals surface area contributed by atoms with Gasteiger partial charge in [-0.05, 0) is 35.2 Å². The maximum atomic E-state index is 5.10. The van der Waals surface area contributed by atoms with Crippen LogP contribution >= 0.6 is 47.8 Å². The van der Waals surface area contributed by atoms with Gasteiger partial charge in [0.1, 0.15) is 0 Å². The van der Waals surface area contributed by atoms with Gasteiger partial charge in [-0.25, -0.2) is 0 Å². The zero-order valence-corrected chi connectivity index (χ0v) is 15.8. The van der Waals surface area contributed by atoms with Crippen LogP contribution in [0.5, 0.6) is 0 Å². The van der Waals surface area contributed by atoms with Crippen molar-refractivity contribution in [2.24, 2.45) is 0 Å². The van der Waals surface area contributed by atoms with Gasteiger partial charge in [0.15, 0.2) is 0 Å². The predicted molar refractivity (Wildman–Crippen MR) is 94.6 cm³/mol. The van der Waals surface area contributed by atoms with Crippen molar-refractivity contribution in [3.63, 3.8) is 0 Å². The van der Waals surface area contributed by atoms with Crippen LogP contribution in [0, 0.1) is 0 Å². The fourth-order valence-electron chi connectivity index (χ4n) is 1.96. The van der Waals surface area contributed by atoms with Gasteiger partial charge in [0.25, 0.3) is 0 Å². The molecule has 20 heavy (non-hydrogen) atoms. The van der Waals surface area contributed by atoms with Crippen molar-refractivity contribution in [1.82, 2.24) is 0 Å². The summed E-state index contributed by atoms with van der Waals surface area (Å²) < 4.78 is 7.27. The number of methoxy groups -OCH3 is 1. The van der Waals surface area contributed by atoms with Crippen LogP contribution in [0.4, 0.5) is 0 Å². The molecule has 2 rings (SSSR count). The summed E-state index contributed by atoms with van der Waals surface area (Å²) in [5.41, 5.74) is 3.76. The molecule has 0 radical (unpaired) electrons. The molecule has 0 aliphatic carbocycles. The number of benzene rings is 2. The minimum absolute atomic E-state index is 0.182. The molecule has 2 aromatic rings. The zero-order valence-electron chi connectivity index (χ0n) is 11.1. The van der Waals surface area contributed by atoms with Crippen molar-refractivity contribution in [3.05, 3.63) is 68.1 Å². The van der Waals surface area contributed by atoms with Crippen LogP contribution in [0.15, 0.2) is 51.4 Å². The van der Waals surface area contributed by atoms with E-state index >= 15 is 0 Å². The topological polar surface area (TPSA) is 9.23 Å². The van der Waals surface area contributed by atoms with Crippen molar-refractivity contribution in [2.75, 3.05) is 13.7 Å². The summed E-state index contributed by atoms with van der Waals surface area (Å²) in [6.45, 7) is 0.759. The molecule has 0 saturated carbocycles. The fourth-order valence-corrected chi connectivity index (χ4v) is 4.25. The summed E-state index contributed by atoms with van der Waals surface area (Å²) in [5, 5.41) is 0. The van der Waals surface area contributed by atoms with Gasteiger partial charge in [0.05, 0.1) is 11.4 Å². The van der Waals surface area contributed by atoms with Gasteiger partial charge < -0.3 is 4.74 Å². The summed E-state index contributed by atoms with van der Waals surface area (Å²) in [6.07, 6.45) is 0.950. The van der Waals surface area contributed by atoms with Gasteiger partial charge in [0.2, 0.25) is 0 Å². The first kappa shape index (κ1) is 16.2. The molecule has 1 nitrogen and oxygen atoms in total. The standard InChI is InChI=1S/C16H15Br3O/c1-20-9-8-11-2-4-12(5-3-11)16(19)14-7-6-13(17)10-15(14)18/h2-7,10,16H,8-9H2,1H3. The number of rotatable bonds is 5. The van der Waals surface area contributed by atoms with Gasteiger partial charge in [-0.1, -0.05) is 78.1 Å². The highest BCUT2D eigenvalue weighted by molar-refractivity contribution is 9.11. The maximum Gasteiger partial charge on any atom is 0.0655 e. The van der Waals surface area contributed by atoms with E-state index in [4.69, 9.17) is 4.74 Å². The lowest BCUT2D eigenvalue weighted by atomic mass is 10.0. The molecular formula is C16H15Br3O. The lowest BCUT2D eigenvalue weighted by molar-refractivity contribution is 0.202. The third-order valence-electron chi connectivity index (χ3n) is 3.10. The summed E-state index contributed by atoms with van der Waals surface area (Å²) >= 11 is 10.9. The third-order valence-corrected chi connectivity index (χ3v) is 5.30. The van der Waals surface area contributed by atoms with Crippen molar-refractivity contribution < 1.29 is 4.74 Å². The van der Waals surface area contributed by atoms with E-state index in [1.807, 2.05) is 0 Å². The molecule has 1 unspecified atom stereocenters. The molecule has 0 aliphatic heterocycles. The van der Waals surface area contributed by atoms with Gasteiger partial charge in [-0.2, -0.15) is 0 Å². The first-order valence-electron chi connectivity index (χ1n) is 6.28. The normalized spacial score (nSPS) is 12.4. The molecule has 0 N–H and O–H groups in total. The van der Waals surface area contributed by atoms with Gasteiger partial charge >= 0.3 is 0 Å². The Bertz CT molecular complexity index is 566. The molecular weight excluding hydrogens is 448 g/mol. The summed E-state index contributed by atoms with van der Waals surface area (Å²) in [6, 6.07) is 14.9. The van der Waals surface area contributed by atoms with Crippen LogP contribution in [0.25, 0.3) is 0 Å². The highest BCUT2D eigenvalue weighted by Gasteiger charge is 2.13. The molecule has 0 heterocycles. The monoisotopic (exact) mass is 460 g/mol. The van der Waals surface area contributed by atoms with Crippen LogP contribution in [-0.4, -0.2) is 13.7 Å². The number of alkyl halides is 1. The molecule has 0 saturated heterocycles. The minimum Gasteiger partial charge on any atom is -0.384 e. The van der Waals surface area contributed by atoms with Gasteiger partial charge in [-0.3, -0.25) is 0 Å². The van der Waals surface area contributed by atoms with Crippen molar-refractivity contribution in [2.45, 2.75) is 11.2 Å². The second-order valence-electron chi connectivity index (χ2n) is 4.51. The van der Waals surface area contributed by atoms with Crippen molar-refractivity contribution in [3.8, 4) is 0 Å². The molecule has 0 bridgehead atoms. The van der Waals surface area contributed by atoms with Gasteiger partial charge in [0, 0.05) is 16.1 Å². The predicted octanol–water partition coefficient (Wildman–Crippen LogP) is 5.88. The number of hydrogen-bond donors (Lipinski definition) is 0. The van der Waals surface area contributed by atoms with Crippen LogP contribution < -0.4 is 0 Å². The summed E-state index contributed by atoms with van der Waals surface area (Å²) in [4.78, 5) is 0.182. The number of hydrogen-bond acceptors (Lipinski definition) is 1. The van der Waals surface area contributed by atoms with E-state index < -0.39 is 0 Å². The summed E-state index contributed by atoms with van der Waals surface area (Å²) in [5.74, 6) is 0. The van der Waals surface area contributed by atoms with Crippen LogP contribution in [0.1, 0.15) is 21.5 Å². The SMILES string of the molecule is COCCc1ccc(C(Br)c2ccc(Br)cc2Br)cc1. The van der Waals surface area contributed by atoms with Crippen molar-refractivity contribution in [1.29, 1.82) is 0 Å². The largest absolute Gasteiger partial charge is 0.384 e. The molecule has 2 aromatic carbocycles. The Morgan fingerprint density at radius 1 is 1.05 bits per heavy atom. The molecule has 0 fully saturated rings. The molecule has 1 atom stereocenters. The average Bonchev–Trinajstić information content (AvgIpc) is 2.45. The first-order chi connectivity index (χ1) is 9.61. The molecule has 0 amide bonds. The van der Waals surface area contributed by atoms with E-state index in [1.54, 1.807) is 7.11 Å². The van der Waals surface area contributed by atoms with E-state index in [2.05, 4.69) is 90.3 Å². The zero-order chi connectivity index (χ0) is 14.5. The Morgan fingerprint density at radius 3 is 2.35 bits per heavy atom. The fraction of sp³-hybridized carbons (Fsp3) is 0.250. The second kappa shape index (κ2) is 7.74. The van der Waals surface area contributed by atoms with E-state index in [9.17, 15) is 0 Å². The minimum atomic E-state index is 0.182. The average molecular weight is 463 g/mol. The third kappa shape index (κ3) is 4.17. The molecule has 4 heteroatoms. The number of ether oxygens (including phenoxy) is 1. The van der Waals surface area contributed by atoms with E-state index in [1.165, 1.54) is 16.7 Å². The van der Waals surface area contributed by atoms with E-state index in [0.717, 1.165) is 22.0 Å². The Balaban J connectivity index is 2.18. The second-order valence-corrected chi connectivity index (χ2v) is 7.20.